The minimum absolute atomic E-state index is 1.02. The molecule has 12 aromatic carbocycles. The van der Waals surface area contributed by atoms with Crippen LogP contribution < -0.4 is 14.7 Å². The summed E-state index contributed by atoms with van der Waals surface area (Å²) in [6.07, 6.45) is 9.35. The third-order valence-corrected chi connectivity index (χ3v) is 20.0. The first kappa shape index (κ1) is 85.3. The molecule has 0 fully saturated rings. The monoisotopic (exact) mass is 1430 g/mol. The SMILES string of the molecule is CC.CC.CC.CC.CC.CC.CC.CC.CC.CC.CC.CC.c1ccc2c(c1)Cc1c-2cc2c3c1Cc1ccccc1N3c1ccccc1C2.c1ccc2c(c1)Cc1cc3c4c(c1-2)Cc1ccccc1N4c1ccccc1C3.c1ccc2c(c1)Cc1cc3c4c(c1-2)Cc1ccccc1N4c1ccccc1C3. The van der Waals surface area contributed by atoms with Gasteiger partial charge in [-0.15, -0.1) is 0 Å². The molecule has 0 aromatic heterocycles. The van der Waals surface area contributed by atoms with E-state index in [1.54, 1.807) is 5.56 Å². The highest BCUT2D eigenvalue weighted by molar-refractivity contribution is 5.98. The van der Waals surface area contributed by atoms with Gasteiger partial charge in [0.15, 0.2) is 0 Å². The Hall–Kier alpha value is -9.96. The molecule has 108 heavy (non-hydrogen) atoms. The molecule has 0 radical (unpaired) electrons. The number of hydrogen-bond acceptors (Lipinski definition) is 3. The zero-order chi connectivity index (χ0) is 78.7. The van der Waals surface area contributed by atoms with E-state index in [0.717, 1.165) is 57.8 Å². The van der Waals surface area contributed by atoms with Gasteiger partial charge in [0.2, 0.25) is 0 Å². The van der Waals surface area contributed by atoms with Crippen LogP contribution in [0, 0.1) is 0 Å². The molecular formula is C105H129N3. The molecule has 564 valence electrons. The van der Waals surface area contributed by atoms with Gasteiger partial charge < -0.3 is 14.7 Å². The van der Waals surface area contributed by atoms with Crippen molar-refractivity contribution < 1.29 is 0 Å². The van der Waals surface area contributed by atoms with Gasteiger partial charge in [-0.1, -0.05) is 360 Å². The van der Waals surface area contributed by atoms with E-state index >= 15 is 0 Å². The van der Waals surface area contributed by atoms with E-state index in [4.69, 9.17) is 0 Å². The molecule has 0 atom stereocenters. The largest absolute Gasteiger partial charge is 0.309 e. The van der Waals surface area contributed by atoms with Gasteiger partial charge in [-0.2, -0.15) is 0 Å². The summed E-state index contributed by atoms with van der Waals surface area (Å²) < 4.78 is 0. The molecule has 0 unspecified atom stereocenters. The lowest BCUT2D eigenvalue weighted by Gasteiger charge is -2.40. The van der Waals surface area contributed by atoms with Gasteiger partial charge >= 0.3 is 0 Å². The van der Waals surface area contributed by atoms with Crippen LogP contribution in [-0.4, -0.2) is 0 Å². The lowest BCUT2D eigenvalue weighted by molar-refractivity contribution is 0.994. The van der Waals surface area contributed by atoms with Gasteiger partial charge in [-0.05, 0) is 195 Å². The summed E-state index contributed by atoms with van der Waals surface area (Å²) in [5.74, 6) is 0. The molecule has 6 heterocycles. The summed E-state index contributed by atoms with van der Waals surface area (Å²) in [6.45, 7) is 48.0. The summed E-state index contributed by atoms with van der Waals surface area (Å²) in [5, 5.41) is 0. The molecular weight excluding hydrogens is 1300 g/mol. The minimum Gasteiger partial charge on any atom is -0.309 e. The van der Waals surface area contributed by atoms with Crippen LogP contribution in [-0.2, 0) is 57.8 Å². The predicted octanol–water partition coefficient (Wildman–Crippen LogP) is 31.9. The zero-order valence-electron chi connectivity index (χ0n) is 70.7. The molecule has 0 bridgehead atoms. The number of para-hydroxylation sites is 6. The normalized spacial score (nSPS) is 12.1. The van der Waals surface area contributed by atoms with Crippen LogP contribution in [0.2, 0.25) is 0 Å². The van der Waals surface area contributed by atoms with Crippen LogP contribution in [0.15, 0.2) is 237 Å². The van der Waals surface area contributed by atoms with Gasteiger partial charge in [0.25, 0.3) is 0 Å². The lowest BCUT2D eigenvalue weighted by Crippen LogP contribution is -2.25. The number of benzene rings is 12. The highest BCUT2D eigenvalue weighted by Crippen LogP contribution is 2.59. The van der Waals surface area contributed by atoms with Crippen molar-refractivity contribution in [1.29, 1.82) is 0 Å². The maximum atomic E-state index is 2.53. The first-order valence-corrected chi connectivity index (χ1v) is 42.3. The molecule has 3 heteroatoms. The number of anilines is 9. The first-order chi connectivity index (χ1) is 53.6. The third-order valence-electron chi connectivity index (χ3n) is 20.0. The summed E-state index contributed by atoms with van der Waals surface area (Å²) in [6, 6.07) is 87.9. The van der Waals surface area contributed by atoms with Gasteiger partial charge in [0.05, 0.1) is 17.1 Å². The average Bonchev–Trinajstić information content (AvgIpc) is 1.33. The molecule has 0 spiro atoms. The molecule has 0 amide bonds. The Morgan fingerprint density at radius 3 is 0.667 bits per heavy atom. The fourth-order valence-corrected chi connectivity index (χ4v) is 16.7. The molecule has 0 saturated heterocycles. The number of rotatable bonds is 0. The fraction of sp³-hybridized carbons (Fsp3) is 0.314. The van der Waals surface area contributed by atoms with Gasteiger partial charge in [0, 0.05) is 72.6 Å². The van der Waals surface area contributed by atoms with Gasteiger partial charge in [0.1, 0.15) is 0 Å². The number of hydrogen-bond donors (Lipinski definition) is 0. The van der Waals surface area contributed by atoms with Crippen LogP contribution in [0.1, 0.15) is 266 Å². The van der Waals surface area contributed by atoms with E-state index < -0.39 is 0 Å². The van der Waals surface area contributed by atoms with Crippen LogP contribution in [0.4, 0.5) is 51.2 Å². The van der Waals surface area contributed by atoms with Crippen LogP contribution >= 0.6 is 0 Å². The Kier molecular flexibility index (Phi) is 33.1. The Morgan fingerprint density at radius 1 is 0.157 bits per heavy atom. The highest BCUT2D eigenvalue weighted by Gasteiger charge is 2.39. The summed E-state index contributed by atoms with van der Waals surface area (Å²) in [5.41, 5.74) is 47.7. The van der Waals surface area contributed by atoms with E-state index in [0.29, 0.717) is 0 Å². The van der Waals surface area contributed by atoms with E-state index in [-0.39, 0.29) is 0 Å². The Bertz CT molecular complexity index is 4630. The molecule has 0 N–H and O–H groups in total. The van der Waals surface area contributed by atoms with Crippen molar-refractivity contribution in [3.63, 3.8) is 0 Å². The van der Waals surface area contributed by atoms with Crippen molar-refractivity contribution in [2.24, 2.45) is 0 Å². The third kappa shape index (κ3) is 16.0. The first-order valence-electron chi connectivity index (χ1n) is 42.3. The van der Waals surface area contributed by atoms with E-state index in [9.17, 15) is 0 Å². The minimum atomic E-state index is 1.02. The van der Waals surface area contributed by atoms with Crippen LogP contribution in [0.5, 0.6) is 0 Å². The van der Waals surface area contributed by atoms with Gasteiger partial charge in [-0.3, -0.25) is 0 Å². The summed E-state index contributed by atoms with van der Waals surface area (Å²) in [7, 11) is 0. The zero-order valence-corrected chi connectivity index (χ0v) is 70.7. The maximum Gasteiger partial charge on any atom is 0.0539 e. The quantitative estimate of drug-likeness (QED) is 0.150. The molecule has 12 aromatic rings. The van der Waals surface area contributed by atoms with E-state index in [2.05, 4.69) is 251 Å². The second-order valence-electron chi connectivity index (χ2n) is 24.5. The standard InChI is InChI=1S/3C27H19N.12C2H6/c1-4-10-21-17(7-1)14-23-22(21)16-20-13-18-8-2-5-11-25(18)28-26-12-6-3-9-19(26)15-24(23)27(20)28;2*1-4-10-22-17(7-1)13-20-15-21-14-18-8-2-5-11-24(18)28-25-12-6-3-9-19(25)16-23(26(20)22)27(21)28;12*1-2/h1-12,16H,13-15H2;2*1-12,15H,13-14,16H2;12*1-2H3. The van der Waals surface area contributed by atoms with Crippen LogP contribution in [0.25, 0.3) is 33.4 Å². The highest BCUT2D eigenvalue weighted by atomic mass is 15.2. The van der Waals surface area contributed by atoms with Crippen molar-refractivity contribution in [3.8, 4) is 33.4 Å². The molecule has 21 rings (SSSR count). The molecule has 3 nitrogen and oxygen atoms in total. The van der Waals surface area contributed by atoms with E-state index in [1.807, 2.05) is 166 Å². The van der Waals surface area contributed by atoms with Crippen molar-refractivity contribution in [2.75, 3.05) is 14.7 Å². The Labute approximate surface area is 655 Å². The molecule has 0 saturated carbocycles. The average molecular weight is 1430 g/mol. The second-order valence-corrected chi connectivity index (χ2v) is 24.5. The Morgan fingerprint density at radius 2 is 0.361 bits per heavy atom. The lowest BCUT2D eigenvalue weighted by atomic mass is 9.82. The summed E-state index contributed by atoms with van der Waals surface area (Å²) in [4.78, 5) is 7.60. The maximum absolute atomic E-state index is 2.53. The summed E-state index contributed by atoms with van der Waals surface area (Å²) >= 11 is 0. The number of fused-ring (bicyclic) bond motifs is 24. The van der Waals surface area contributed by atoms with Crippen LogP contribution in [0.3, 0.4) is 0 Å². The fourth-order valence-electron chi connectivity index (χ4n) is 16.7. The number of nitrogens with zero attached hydrogens (tertiary/aromatic N) is 3. The predicted molar refractivity (Wildman–Crippen MR) is 481 cm³/mol. The van der Waals surface area contributed by atoms with Gasteiger partial charge in [-0.25, -0.2) is 0 Å². The van der Waals surface area contributed by atoms with E-state index in [1.165, 1.54) is 179 Å². The smallest absolute Gasteiger partial charge is 0.0539 e. The molecule has 6 aliphatic heterocycles. The van der Waals surface area contributed by atoms with Crippen molar-refractivity contribution >= 4 is 51.2 Å². The molecule has 9 aliphatic rings. The second kappa shape index (κ2) is 42.0. The van der Waals surface area contributed by atoms with Crippen molar-refractivity contribution in [3.05, 3.63) is 337 Å². The topological polar surface area (TPSA) is 9.72 Å². The van der Waals surface area contributed by atoms with Crippen molar-refractivity contribution in [2.45, 2.75) is 224 Å². The molecule has 3 aliphatic carbocycles. The van der Waals surface area contributed by atoms with Crippen molar-refractivity contribution in [1.82, 2.24) is 0 Å². The Balaban J connectivity index is 0.000000198.